The van der Waals surface area contributed by atoms with Gasteiger partial charge in [0.25, 0.3) is 0 Å². The van der Waals surface area contributed by atoms with Crippen molar-refractivity contribution in [2.24, 2.45) is 10.7 Å². The SMILES string of the molecule is N/C(=C\C(=N/C(I)c1ccccc1)c1ccccc1)c1ccc2oc3cc4oc5ccc(-c6cc(-c7ccccc7)nc(-c7ccccc7)n6)cc5c4cc3c2c1. The van der Waals surface area contributed by atoms with Gasteiger partial charge in [-0.15, -0.1) is 0 Å². The van der Waals surface area contributed by atoms with Crippen molar-refractivity contribution < 1.29 is 8.83 Å². The quantitative estimate of drug-likeness (QED) is 0.0712. The Kier molecular flexibility index (Phi) is 8.91. The number of benzene rings is 7. The molecule has 10 aromatic rings. The molecule has 0 saturated heterocycles. The first-order chi connectivity index (χ1) is 28.0. The zero-order valence-electron chi connectivity index (χ0n) is 30.5. The third kappa shape index (κ3) is 6.76. The molecule has 0 saturated carbocycles. The van der Waals surface area contributed by atoms with E-state index in [2.05, 4.69) is 89.3 Å². The number of aromatic nitrogens is 2. The fourth-order valence-electron chi connectivity index (χ4n) is 7.30. The number of alkyl halides is 1. The fourth-order valence-corrected chi connectivity index (χ4v) is 8.01. The molecule has 0 spiro atoms. The second kappa shape index (κ2) is 14.7. The van der Waals surface area contributed by atoms with Gasteiger partial charge in [0.05, 0.1) is 17.1 Å². The van der Waals surface area contributed by atoms with Crippen molar-refractivity contribution in [2.75, 3.05) is 0 Å². The molecule has 1 unspecified atom stereocenters. The summed E-state index contributed by atoms with van der Waals surface area (Å²) >= 11 is 2.37. The summed E-state index contributed by atoms with van der Waals surface area (Å²) in [5.74, 6) is 0.673. The summed E-state index contributed by atoms with van der Waals surface area (Å²) in [6, 6.07) is 59.3. The van der Waals surface area contributed by atoms with Gasteiger partial charge in [-0.3, -0.25) is 4.99 Å². The van der Waals surface area contributed by atoms with Crippen molar-refractivity contribution in [3.8, 4) is 33.9 Å². The highest BCUT2D eigenvalue weighted by molar-refractivity contribution is 14.1. The molecule has 3 heterocycles. The molecule has 7 aromatic carbocycles. The van der Waals surface area contributed by atoms with Crippen LogP contribution < -0.4 is 5.73 Å². The summed E-state index contributed by atoms with van der Waals surface area (Å²) in [7, 11) is 0. The van der Waals surface area contributed by atoms with Crippen LogP contribution in [0.4, 0.5) is 0 Å². The number of hydrogen-bond donors (Lipinski definition) is 1. The molecule has 0 radical (unpaired) electrons. The van der Waals surface area contributed by atoms with E-state index < -0.39 is 0 Å². The molecule has 7 heteroatoms. The number of nitrogens with zero attached hydrogens (tertiary/aromatic N) is 3. The van der Waals surface area contributed by atoms with Gasteiger partial charge in [0, 0.05) is 50.0 Å². The predicted octanol–water partition coefficient (Wildman–Crippen LogP) is 13.2. The van der Waals surface area contributed by atoms with Crippen LogP contribution in [0.3, 0.4) is 0 Å². The normalized spacial score (nSPS) is 12.9. The zero-order chi connectivity index (χ0) is 38.3. The first-order valence-electron chi connectivity index (χ1n) is 18.7. The van der Waals surface area contributed by atoms with Gasteiger partial charge in [0.1, 0.15) is 26.4 Å². The van der Waals surface area contributed by atoms with Gasteiger partial charge in [0.2, 0.25) is 0 Å². The van der Waals surface area contributed by atoms with Crippen LogP contribution in [0.25, 0.3) is 83.5 Å². The zero-order valence-corrected chi connectivity index (χ0v) is 32.7. The van der Waals surface area contributed by atoms with E-state index in [0.29, 0.717) is 11.5 Å². The minimum absolute atomic E-state index is 0.0813. The molecule has 0 aliphatic rings. The lowest BCUT2D eigenvalue weighted by molar-refractivity contribution is 0.656. The number of hydrogen-bond acceptors (Lipinski definition) is 6. The summed E-state index contributed by atoms with van der Waals surface area (Å²) < 4.78 is 12.7. The topological polar surface area (TPSA) is 90.4 Å². The number of rotatable bonds is 8. The van der Waals surface area contributed by atoms with Crippen molar-refractivity contribution in [1.82, 2.24) is 9.97 Å². The molecule has 2 N–H and O–H groups in total. The molecular formula is C50H33IN4O2. The molecule has 0 amide bonds. The Morgan fingerprint density at radius 3 is 1.72 bits per heavy atom. The van der Waals surface area contributed by atoms with E-state index in [1.165, 1.54) is 0 Å². The highest BCUT2D eigenvalue weighted by Gasteiger charge is 2.17. The summed E-state index contributed by atoms with van der Waals surface area (Å²) in [4.78, 5) is 15.2. The highest BCUT2D eigenvalue weighted by atomic mass is 127. The van der Waals surface area contributed by atoms with E-state index >= 15 is 0 Å². The van der Waals surface area contributed by atoms with E-state index in [9.17, 15) is 0 Å². The molecule has 272 valence electrons. The number of aliphatic imine (C=N–C) groups is 1. The van der Waals surface area contributed by atoms with E-state index in [1.807, 2.05) is 115 Å². The number of fused-ring (bicyclic) bond motifs is 6. The smallest absolute Gasteiger partial charge is 0.160 e. The molecule has 0 aliphatic carbocycles. The Morgan fingerprint density at radius 1 is 0.509 bits per heavy atom. The molecule has 0 aliphatic heterocycles. The van der Waals surface area contributed by atoms with E-state index in [0.717, 1.165) is 94.4 Å². The molecule has 0 bridgehead atoms. The first-order valence-corrected chi connectivity index (χ1v) is 19.9. The van der Waals surface area contributed by atoms with Gasteiger partial charge in [-0.05, 0) is 71.3 Å². The fraction of sp³-hybridized carbons (Fsp3) is 0.0200. The molecule has 1 atom stereocenters. The highest BCUT2D eigenvalue weighted by Crippen LogP contribution is 2.39. The lowest BCUT2D eigenvalue weighted by Crippen LogP contribution is -2.05. The standard InChI is InChI=1S/C50H33IN4O2/c51-49(33-17-9-3-10-18-33)53-42(31-13-5-1-6-14-31)28-41(52)35-21-23-45-37(25-35)39-27-40-38-26-36(22-24-46(38)57-48(40)30-47(39)56-45)44-29-43(32-15-7-2-8-16-32)54-50(55-44)34-19-11-4-12-20-34/h1-30,49H,52H2/b41-28-,53-42+. The van der Waals surface area contributed by atoms with Crippen LogP contribution in [0.5, 0.6) is 0 Å². The van der Waals surface area contributed by atoms with Crippen LogP contribution in [0.15, 0.2) is 196 Å². The van der Waals surface area contributed by atoms with Crippen LogP contribution >= 0.6 is 22.6 Å². The number of allylic oxidation sites excluding steroid dienone is 1. The van der Waals surface area contributed by atoms with Crippen molar-refractivity contribution in [3.63, 3.8) is 0 Å². The van der Waals surface area contributed by atoms with Crippen molar-refractivity contribution in [3.05, 3.63) is 199 Å². The maximum Gasteiger partial charge on any atom is 0.160 e. The number of nitrogens with two attached hydrogens (primary N) is 1. The van der Waals surface area contributed by atoms with Gasteiger partial charge in [0.15, 0.2) is 5.82 Å². The van der Waals surface area contributed by atoms with Crippen LogP contribution in [0.1, 0.15) is 20.7 Å². The number of halogens is 1. The lowest BCUT2D eigenvalue weighted by Gasteiger charge is -2.10. The Labute approximate surface area is 342 Å². The Bertz CT molecular complexity index is 3080. The summed E-state index contributed by atoms with van der Waals surface area (Å²) in [5.41, 5.74) is 19.0. The summed E-state index contributed by atoms with van der Waals surface area (Å²) in [5, 5.41) is 3.93. The van der Waals surface area contributed by atoms with Gasteiger partial charge in [-0.1, -0.05) is 144 Å². The van der Waals surface area contributed by atoms with Gasteiger partial charge < -0.3 is 14.6 Å². The molecule has 3 aromatic heterocycles. The molecule has 57 heavy (non-hydrogen) atoms. The largest absolute Gasteiger partial charge is 0.456 e. The third-order valence-corrected chi connectivity index (χ3v) is 11.2. The van der Waals surface area contributed by atoms with Gasteiger partial charge in [-0.2, -0.15) is 0 Å². The van der Waals surface area contributed by atoms with Crippen molar-refractivity contribution in [2.45, 2.75) is 4.05 Å². The Balaban J connectivity index is 1.07. The van der Waals surface area contributed by atoms with Crippen molar-refractivity contribution in [1.29, 1.82) is 0 Å². The molecule has 0 fully saturated rings. The molecule has 10 rings (SSSR count). The van der Waals surface area contributed by atoms with Crippen LogP contribution in [-0.4, -0.2) is 15.7 Å². The predicted molar refractivity (Wildman–Crippen MR) is 241 cm³/mol. The van der Waals surface area contributed by atoms with Crippen LogP contribution in [0, 0.1) is 0 Å². The Hall–Kier alpha value is -6.84. The minimum atomic E-state index is -0.0813. The summed E-state index contributed by atoms with van der Waals surface area (Å²) in [6.07, 6.45) is 1.97. The number of furan rings is 2. The molecule has 6 nitrogen and oxygen atoms in total. The van der Waals surface area contributed by atoms with E-state index in [1.54, 1.807) is 0 Å². The maximum atomic E-state index is 6.89. The maximum absolute atomic E-state index is 6.89. The lowest BCUT2D eigenvalue weighted by atomic mass is 10.0. The molecular weight excluding hydrogens is 815 g/mol. The van der Waals surface area contributed by atoms with Gasteiger partial charge in [-0.25, -0.2) is 9.97 Å². The second-order valence-corrected chi connectivity index (χ2v) is 15.1. The average molecular weight is 849 g/mol. The Morgan fingerprint density at radius 2 is 1.05 bits per heavy atom. The third-order valence-electron chi connectivity index (χ3n) is 10.2. The average Bonchev–Trinajstić information content (AvgIpc) is 3.82. The minimum Gasteiger partial charge on any atom is -0.456 e. The van der Waals surface area contributed by atoms with Gasteiger partial charge >= 0.3 is 0 Å². The van der Waals surface area contributed by atoms with E-state index in [4.69, 9.17) is 29.5 Å². The first kappa shape index (κ1) is 34.6. The van der Waals surface area contributed by atoms with Crippen LogP contribution in [-0.2, 0) is 0 Å². The van der Waals surface area contributed by atoms with Crippen LogP contribution in [0.2, 0.25) is 0 Å². The van der Waals surface area contributed by atoms with E-state index in [-0.39, 0.29) is 4.05 Å². The second-order valence-electron chi connectivity index (χ2n) is 13.9. The van der Waals surface area contributed by atoms with Crippen molar-refractivity contribution >= 4 is 77.9 Å². The summed E-state index contributed by atoms with van der Waals surface area (Å²) in [6.45, 7) is 0. The monoisotopic (exact) mass is 848 g/mol.